The van der Waals surface area contributed by atoms with Crippen LogP contribution in [0.15, 0.2) is 72.0 Å². The first-order chi connectivity index (χ1) is 15.3. The fourth-order valence-electron chi connectivity index (χ4n) is 3.30. The minimum atomic E-state index is -3.94. The molecule has 0 radical (unpaired) electrons. The van der Waals surface area contributed by atoms with Gasteiger partial charge in [0.1, 0.15) is 10.6 Å². The minimum Gasteiger partial charge on any atom is -0.450 e. The van der Waals surface area contributed by atoms with Crippen molar-refractivity contribution in [2.24, 2.45) is 0 Å². The Morgan fingerprint density at radius 1 is 1.21 bits per heavy atom. The molecule has 0 saturated carbocycles. The van der Waals surface area contributed by atoms with Crippen molar-refractivity contribution in [1.82, 2.24) is 14.3 Å². The number of aromatic nitrogens is 2. The van der Waals surface area contributed by atoms with Crippen LogP contribution in [0.3, 0.4) is 0 Å². The summed E-state index contributed by atoms with van der Waals surface area (Å²) in [5.41, 5.74) is 0.861. The highest BCUT2D eigenvalue weighted by Gasteiger charge is 2.23. The van der Waals surface area contributed by atoms with Gasteiger partial charge >= 0.3 is 5.69 Å². The van der Waals surface area contributed by atoms with Crippen molar-refractivity contribution < 1.29 is 18.1 Å². The fraction of sp³-hybridized carbons (Fsp3) is 0.0952. The van der Waals surface area contributed by atoms with Crippen molar-refractivity contribution in [3.05, 3.63) is 87.8 Å². The fourth-order valence-corrected chi connectivity index (χ4v) is 4.81. The summed E-state index contributed by atoms with van der Waals surface area (Å²) in [6.45, 7) is 0.437. The highest BCUT2D eigenvalue weighted by molar-refractivity contribution is 7.90. The number of fused-ring (bicyclic) bond motifs is 1. The van der Waals surface area contributed by atoms with Gasteiger partial charge < -0.3 is 10.1 Å². The number of ether oxygens (including phenoxy) is 1. The van der Waals surface area contributed by atoms with Crippen LogP contribution in [0, 0.1) is 10.1 Å². The van der Waals surface area contributed by atoms with Gasteiger partial charge in [0, 0.05) is 53.7 Å². The Morgan fingerprint density at radius 3 is 2.67 bits per heavy atom. The predicted molar refractivity (Wildman–Crippen MR) is 127 cm³/mol. The van der Waals surface area contributed by atoms with Gasteiger partial charge in [-0.15, -0.1) is 12.4 Å². The van der Waals surface area contributed by atoms with Gasteiger partial charge in [-0.25, -0.2) is 12.4 Å². The van der Waals surface area contributed by atoms with E-state index in [9.17, 15) is 18.5 Å². The maximum Gasteiger partial charge on any atom is 0.311 e. The van der Waals surface area contributed by atoms with Crippen molar-refractivity contribution in [2.45, 2.75) is 11.4 Å². The van der Waals surface area contributed by atoms with Gasteiger partial charge in [-0.2, -0.15) is 0 Å². The average Bonchev–Trinajstić information content (AvgIpc) is 3.13. The molecule has 0 aliphatic carbocycles. The third-order valence-corrected chi connectivity index (χ3v) is 6.62. The van der Waals surface area contributed by atoms with E-state index in [2.05, 4.69) is 10.3 Å². The molecule has 0 spiro atoms. The van der Waals surface area contributed by atoms with Crippen LogP contribution >= 0.6 is 24.0 Å². The Labute approximate surface area is 200 Å². The molecule has 0 amide bonds. The van der Waals surface area contributed by atoms with Gasteiger partial charge in [0.2, 0.25) is 5.75 Å². The number of nitro groups is 1. The summed E-state index contributed by atoms with van der Waals surface area (Å²) in [5.74, 6) is 0.171. The quantitative estimate of drug-likeness (QED) is 0.282. The molecular weight excluding hydrogens is 491 g/mol. The number of pyridine rings is 1. The number of nitrogens with one attached hydrogen (secondary N) is 1. The first-order valence-electron chi connectivity index (χ1n) is 9.37. The summed E-state index contributed by atoms with van der Waals surface area (Å²) in [4.78, 5) is 14.7. The van der Waals surface area contributed by atoms with Gasteiger partial charge in [-0.05, 0) is 42.9 Å². The molecular formula is C21H18Cl2N4O5S. The third kappa shape index (κ3) is 4.79. The predicted octanol–water partition coefficient (Wildman–Crippen LogP) is 4.77. The molecule has 9 nitrogen and oxygen atoms in total. The van der Waals surface area contributed by atoms with Crippen LogP contribution in [0.25, 0.3) is 10.9 Å². The van der Waals surface area contributed by atoms with Crippen molar-refractivity contribution in [1.29, 1.82) is 0 Å². The van der Waals surface area contributed by atoms with E-state index >= 15 is 0 Å². The molecule has 1 N–H and O–H groups in total. The lowest BCUT2D eigenvalue weighted by atomic mass is 10.1. The van der Waals surface area contributed by atoms with E-state index < -0.39 is 14.9 Å². The third-order valence-electron chi connectivity index (χ3n) is 4.73. The molecule has 0 unspecified atom stereocenters. The van der Waals surface area contributed by atoms with E-state index in [0.29, 0.717) is 17.4 Å². The number of hydrogen-bond acceptors (Lipinski definition) is 7. The van der Waals surface area contributed by atoms with Crippen molar-refractivity contribution in [3.63, 3.8) is 0 Å². The van der Waals surface area contributed by atoms with Crippen molar-refractivity contribution >= 4 is 50.6 Å². The van der Waals surface area contributed by atoms with Crippen LogP contribution in [0.5, 0.6) is 11.5 Å². The maximum absolute atomic E-state index is 13.3. The number of benzene rings is 2. The summed E-state index contributed by atoms with van der Waals surface area (Å²) in [7, 11) is -2.18. The summed E-state index contributed by atoms with van der Waals surface area (Å²) in [6.07, 6.45) is 4.30. The van der Waals surface area contributed by atoms with Gasteiger partial charge in [0.25, 0.3) is 10.0 Å². The van der Waals surface area contributed by atoms with Crippen LogP contribution in [-0.2, 0) is 16.6 Å². The van der Waals surface area contributed by atoms with Crippen LogP contribution in [0.4, 0.5) is 5.69 Å². The Hall–Kier alpha value is -3.18. The summed E-state index contributed by atoms with van der Waals surface area (Å²) >= 11 is 5.97. The number of hydrogen-bond donors (Lipinski definition) is 1. The van der Waals surface area contributed by atoms with Crippen LogP contribution < -0.4 is 10.1 Å². The van der Waals surface area contributed by atoms with Gasteiger partial charge in [-0.3, -0.25) is 15.1 Å². The molecule has 0 fully saturated rings. The summed E-state index contributed by atoms with van der Waals surface area (Å²) in [5, 5.41) is 15.3. The molecule has 33 heavy (non-hydrogen) atoms. The van der Waals surface area contributed by atoms with Crippen molar-refractivity contribution in [3.8, 4) is 11.5 Å². The zero-order valence-corrected chi connectivity index (χ0v) is 19.5. The normalized spacial score (nSPS) is 11.2. The van der Waals surface area contributed by atoms with Gasteiger partial charge in [-0.1, -0.05) is 11.6 Å². The van der Waals surface area contributed by atoms with E-state index in [1.807, 2.05) is 0 Å². The lowest BCUT2D eigenvalue weighted by Crippen LogP contribution is -2.12. The first kappa shape index (κ1) is 24.5. The minimum absolute atomic E-state index is 0. The van der Waals surface area contributed by atoms with E-state index in [0.717, 1.165) is 9.54 Å². The Balaban J connectivity index is 0.00000306. The number of nitrogens with zero attached hydrogens (tertiary/aromatic N) is 3. The standard InChI is InChI=1S/C21H17ClN4O5S.ClH/c1-23-11-14-13-25(32(29,30)17-3-2-8-24-12-17)20-10-16(5-6-18(14)20)31-21-9-15(22)4-7-19(21)26(27)28;/h2-10,12-13,23H,11H2,1H3;1H. The molecule has 2 heterocycles. The topological polar surface area (TPSA) is 116 Å². The highest BCUT2D eigenvalue weighted by Crippen LogP contribution is 2.36. The van der Waals surface area contributed by atoms with E-state index in [-0.39, 0.29) is 39.5 Å². The lowest BCUT2D eigenvalue weighted by molar-refractivity contribution is -0.385. The van der Waals surface area contributed by atoms with E-state index in [4.69, 9.17) is 16.3 Å². The maximum atomic E-state index is 13.3. The molecule has 0 bridgehead atoms. The zero-order chi connectivity index (χ0) is 22.9. The molecule has 0 saturated heterocycles. The number of nitro benzene ring substituents is 1. The average molecular weight is 509 g/mol. The summed E-state index contributed by atoms with van der Waals surface area (Å²) in [6, 6.07) is 11.8. The molecule has 0 aliphatic rings. The zero-order valence-electron chi connectivity index (χ0n) is 17.1. The Bertz CT molecular complexity index is 1430. The smallest absolute Gasteiger partial charge is 0.311 e. The van der Waals surface area contributed by atoms with Crippen LogP contribution in [0.2, 0.25) is 5.02 Å². The number of rotatable bonds is 7. The molecule has 4 aromatic rings. The van der Waals surface area contributed by atoms with E-state index in [1.54, 1.807) is 25.2 Å². The molecule has 0 aliphatic heterocycles. The largest absolute Gasteiger partial charge is 0.450 e. The van der Waals surface area contributed by atoms with E-state index in [1.165, 1.54) is 48.9 Å². The van der Waals surface area contributed by atoms with Crippen LogP contribution in [0.1, 0.15) is 5.56 Å². The first-order valence-corrected chi connectivity index (χ1v) is 11.2. The molecule has 2 aromatic carbocycles. The summed E-state index contributed by atoms with van der Waals surface area (Å²) < 4.78 is 33.5. The lowest BCUT2D eigenvalue weighted by Gasteiger charge is -2.10. The van der Waals surface area contributed by atoms with Gasteiger partial charge in [0.05, 0.1) is 10.4 Å². The second-order valence-corrected chi connectivity index (χ2v) is 9.08. The Kier molecular flexibility index (Phi) is 7.23. The monoisotopic (exact) mass is 508 g/mol. The highest BCUT2D eigenvalue weighted by atomic mass is 35.5. The Morgan fingerprint density at radius 2 is 2.00 bits per heavy atom. The molecule has 4 rings (SSSR count). The molecule has 12 heteroatoms. The van der Waals surface area contributed by atoms with Gasteiger partial charge in [0.15, 0.2) is 0 Å². The van der Waals surface area contributed by atoms with Crippen LogP contribution in [-0.4, -0.2) is 29.3 Å². The molecule has 0 atom stereocenters. The SMILES string of the molecule is CNCc1cn(S(=O)(=O)c2cccnc2)c2cc(Oc3cc(Cl)ccc3[N+](=O)[O-])ccc12.Cl. The molecule has 172 valence electrons. The second-order valence-electron chi connectivity index (χ2n) is 6.82. The molecule has 2 aromatic heterocycles. The number of halogens is 2. The second kappa shape index (κ2) is 9.75. The van der Waals surface area contributed by atoms with Crippen molar-refractivity contribution in [2.75, 3.05) is 7.05 Å².